The van der Waals surface area contributed by atoms with Gasteiger partial charge in [-0.1, -0.05) is 0 Å². The number of nitrogens with two attached hydrogens (primary N) is 1. The topological polar surface area (TPSA) is 73.6 Å². The molecule has 0 saturated carbocycles. The summed E-state index contributed by atoms with van der Waals surface area (Å²) >= 11 is 0. The van der Waals surface area contributed by atoms with E-state index in [0.717, 1.165) is 5.69 Å². The minimum atomic E-state index is -0.359. The number of rotatable bonds is 6. The minimum absolute atomic E-state index is 0.354. The highest BCUT2D eigenvalue weighted by molar-refractivity contribution is 5.91. The van der Waals surface area contributed by atoms with Crippen LogP contribution in [0.5, 0.6) is 0 Å². The molecule has 3 N–H and O–H groups in total. The molecule has 1 aromatic carbocycles. The van der Waals surface area contributed by atoms with Crippen LogP contribution in [0, 0.1) is 0 Å². The molecule has 1 aromatic rings. The molecule has 0 atom stereocenters. The molecule has 17 heavy (non-hydrogen) atoms. The van der Waals surface area contributed by atoms with Crippen molar-refractivity contribution in [3.05, 3.63) is 23.8 Å². The average molecular weight is 238 g/mol. The molecule has 0 spiro atoms. The van der Waals surface area contributed by atoms with Gasteiger partial charge in [-0.15, -0.1) is 0 Å². The van der Waals surface area contributed by atoms with E-state index < -0.39 is 0 Å². The normalized spacial score (nSPS) is 10.0. The zero-order chi connectivity index (χ0) is 12.7. The Kier molecular flexibility index (Phi) is 5.29. The Morgan fingerprint density at radius 1 is 1.47 bits per heavy atom. The first kappa shape index (κ1) is 13.3. The molecular formula is C12H18N2O3. The largest absolute Gasteiger partial charge is 0.462 e. The molecule has 5 heteroatoms. The van der Waals surface area contributed by atoms with Crippen molar-refractivity contribution in [2.24, 2.45) is 0 Å². The first-order valence-corrected chi connectivity index (χ1v) is 5.48. The van der Waals surface area contributed by atoms with Gasteiger partial charge < -0.3 is 20.5 Å². The predicted octanol–water partition coefficient (Wildman–Crippen LogP) is 1.50. The van der Waals surface area contributed by atoms with Gasteiger partial charge in [0, 0.05) is 13.7 Å². The molecule has 0 aliphatic heterocycles. The number of nitrogen functional groups attached to an aromatic ring is 1. The van der Waals surface area contributed by atoms with E-state index in [1.165, 1.54) is 0 Å². The molecule has 0 saturated heterocycles. The summed E-state index contributed by atoms with van der Waals surface area (Å²) in [7, 11) is 1.63. The van der Waals surface area contributed by atoms with Gasteiger partial charge in [0.15, 0.2) is 0 Å². The summed E-state index contributed by atoms with van der Waals surface area (Å²) in [5.41, 5.74) is 7.59. The molecule has 0 aromatic heterocycles. The molecule has 0 aliphatic carbocycles. The van der Waals surface area contributed by atoms with Gasteiger partial charge in [0.2, 0.25) is 0 Å². The predicted molar refractivity (Wildman–Crippen MR) is 67.2 cm³/mol. The summed E-state index contributed by atoms with van der Waals surface area (Å²) in [5, 5.41) is 3.11. The van der Waals surface area contributed by atoms with Crippen LogP contribution in [0.2, 0.25) is 0 Å². The standard InChI is InChI=1S/C12H18N2O3/c1-3-17-12(15)9-4-5-11(10(13)8-9)14-6-7-16-2/h4-5,8,14H,3,6-7,13H2,1-2H3. The van der Waals surface area contributed by atoms with Gasteiger partial charge in [0.05, 0.1) is 30.2 Å². The minimum Gasteiger partial charge on any atom is -0.462 e. The lowest BCUT2D eigenvalue weighted by molar-refractivity contribution is 0.0526. The average Bonchev–Trinajstić information content (AvgIpc) is 2.31. The monoisotopic (exact) mass is 238 g/mol. The molecule has 0 bridgehead atoms. The highest BCUT2D eigenvalue weighted by Crippen LogP contribution is 2.20. The van der Waals surface area contributed by atoms with Crippen LogP contribution < -0.4 is 11.1 Å². The third-order valence-electron chi connectivity index (χ3n) is 2.18. The van der Waals surface area contributed by atoms with Crippen LogP contribution in [0.4, 0.5) is 11.4 Å². The second-order valence-corrected chi connectivity index (χ2v) is 3.44. The number of carbonyl (C=O) groups excluding carboxylic acids is 1. The number of esters is 1. The fourth-order valence-corrected chi connectivity index (χ4v) is 1.35. The lowest BCUT2D eigenvalue weighted by Crippen LogP contribution is -2.10. The SMILES string of the molecule is CCOC(=O)c1ccc(NCCOC)c(N)c1. The van der Waals surface area contributed by atoms with Gasteiger partial charge in [-0.3, -0.25) is 0 Å². The van der Waals surface area contributed by atoms with Gasteiger partial charge in [0.25, 0.3) is 0 Å². The van der Waals surface area contributed by atoms with Crippen LogP contribution in [-0.2, 0) is 9.47 Å². The molecule has 0 fully saturated rings. The molecule has 1 rings (SSSR count). The molecule has 0 unspecified atom stereocenters. The van der Waals surface area contributed by atoms with Crippen molar-refractivity contribution < 1.29 is 14.3 Å². The number of ether oxygens (including phenoxy) is 2. The second-order valence-electron chi connectivity index (χ2n) is 3.44. The fourth-order valence-electron chi connectivity index (χ4n) is 1.35. The molecule has 0 aliphatic rings. The number of hydrogen-bond acceptors (Lipinski definition) is 5. The van der Waals surface area contributed by atoms with Gasteiger partial charge in [-0.25, -0.2) is 4.79 Å². The first-order valence-electron chi connectivity index (χ1n) is 5.48. The number of hydrogen-bond donors (Lipinski definition) is 2. The third-order valence-corrected chi connectivity index (χ3v) is 2.18. The van der Waals surface area contributed by atoms with Crippen molar-refractivity contribution in [3.8, 4) is 0 Å². The fraction of sp³-hybridized carbons (Fsp3) is 0.417. The Morgan fingerprint density at radius 2 is 2.24 bits per heavy atom. The molecule has 0 amide bonds. The van der Waals surface area contributed by atoms with E-state index in [-0.39, 0.29) is 5.97 Å². The quantitative estimate of drug-likeness (QED) is 0.446. The summed E-state index contributed by atoms with van der Waals surface area (Å²) < 4.78 is 9.81. The number of anilines is 2. The second kappa shape index (κ2) is 6.75. The van der Waals surface area contributed by atoms with Crippen molar-refractivity contribution in [2.75, 3.05) is 37.9 Å². The van der Waals surface area contributed by atoms with Gasteiger partial charge in [-0.05, 0) is 25.1 Å². The number of carbonyl (C=O) groups is 1. The number of nitrogens with one attached hydrogen (secondary N) is 1. The Labute approximate surface area is 101 Å². The first-order chi connectivity index (χ1) is 8.19. The number of methoxy groups -OCH3 is 1. The summed E-state index contributed by atoms with van der Waals surface area (Å²) in [6, 6.07) is 5.05. The summed E-state index contributed by atoms with van der Waals surface area (Å²) in [6.45, 7) is 3.38. The molecule has 5 nitrogen and oxygen atoms in total. The zero-order valence-electron chi connectivity index (χ0n) is 10.2. The van der Waals surface area contributed by atoms with Crippen LogP contribution in [0.1, 0.15) is 17.3 Å². The highest BCUT2D eigenvalue weighted by Gasteiger charge is 2.08. The van der Waals surface area contributed by atoms with Gasteiger partial charge in [-0.2, -0.15) is 0 Å². The van der Waals surface area contributed by atoms with Crippen molar-refractivity contribution in [2.45, 2.75) is 6.92 Å². The third kappa shape index (κ3) is 3.96. The van der Waals surface area contributed by atoms with Gasteiger partial charge in [0.1, 0.15) is 0 Å². The van der Waals surface area contributed by atoms with E-state index in [9.17, 15) is 4.79 Å². The highest BCUT2D eigenvalue weighted by atomic mass is 16.5. The lowest BCUT2D eigenvalue weighted by atomic mass is 10.1. The Balaban J connectivity index is 2.68. The van der Waals surface area contributed by atoms with Gasteiger partial charge >= 0.3 is 5.97 Å². The number of benzene rings is 1. The molecule has 0 heterocycles. The molecule has 0 radical (unpaired) electrons. The molecular weight excluding hydrogens is 220 g/mol. The maximum atomic E-state index is 11.5. The van der Waals surface area contributed by atoms with E-state index in [1.54, 1.807) is 32.2 Å². The van der Waals surface area contributed by atoms with Crippen molar-refractivity contribution in [3.63, 3.8) is 0 Å². The Bertz CT molecular complexity index is 380. The summed E-state index contributed by atoms with van der Waals surface area (Å²) in [4.78, 5) is 11.5. The van der Waals surface area contributed by atoms with Crippen LogP contribution >= 0.6 is 0 Å². The van der Waals surface area contributed by atoms with Crippen molar-refractivity contribution in [1.29, 1.82) is 0 Å². The van der Waals surface area contributed by atoms with E-state index >= 15 is 0 Å². The van der Waals surface area contributed by atoms with E-state index in [2.05, 4.69) is 5.32 Å². The van der Waals surface area contributed by atoms with Crippen LogP contribution in [0.25, 0.3) is 0 Å². The maximum absolute atomic E-state index is 11.5. The van der Waals surface area contributed by atoms with E-state index in [0.29, 0.717) is 31.0 Å². The lowest BCUT2D eigenvalue weighted by Gasteiger charge is -2.10. The summed E-state index contributed by atoms with van der Waals surface area (Å²) in [6.07, 6.45) is 0. The van der Waals surface area contributed by atoms with E-state index in [1.807, 2.05) is 0 Å². The molecule has 94 valence electrons. The van der Waals surface area contributed by atoms with E-state index in [4.69, 9.17) is 15.2 Å². The zero-order valence-corrected chi connectivity index (χ0v) is 10.2. The Hall–Kier alpha value is -1.75. The van der Waals surface area contributed by atoms with Crippen molar-refractivity contribution in [1.82, 2.24) is 0 Å². The summed E-state index contributed by atoms with van der Waals surface area (Å²) in [5.74, 6) is -0.359. The van der Waals surface area contributed by atoms with Crippen molar-refractivity contribution >= 4 is 17.3 Å². The van der Waals surface area contributed by atoms with Crippen LogP contribution in [0.15, 0.2) is 18.2 Å². The van der Waals surface area contributed by atoms with Crippen LogP contribution in [0.3, 0.4) is 0 Å². The van der Waals surface area contributed by atoms with Crippen LogP contribution in [-0.4, -0.2) is 32.8 Å². The Morgan fingerprint density at radius 3 is 2.82 bits per heavy atom. The smallest absolute Gasteiger partial charge is 0.338 e. The maximum Gasteiger partial charge on any atom is 0.338 e.